The standard InChI is InChI=1S/C16H16ClN3O5S/c1-9(25-16(22)10-2-7-13(17)14(18)8-10)15(21)20-11-3-5-12(6-4-11)26(19,23)24/h2-9H,18H2,1H3,(H,20,21)(H2,19,23,24)/t9-/m1/s1. The molecule has 0 heterocycles. The Labute approximate surface area is 155 Å². The molecule has 0 aromatic heterocycles. The fourth-order valence-corrected chi connectivity index (χ4v) is 2.56. The molecule has 0 saturated carbocycles. The van der Waals surface area contributed by atoms with Gasteiger partial charge in [-0.15, -0.1) is 0 Å². The van der Waals surface area contributed by atoms with Gasteiger partial charge < -0.3 is 15.8 Å². The summed E-state index contributed by atoms with van der Waals surface area (Å²) in [7, 11) is -3.82. The monoisotopic (exact) mass is 397 g/mol. The predicted molar refractivity (Wildman–Crippen MR) is 97.2 cm³/mol. The van der Waals surface area contributed by atoms with Crippen molar-refractivity contribution in [2.45, 2.75) is 17.9 Å². The molecule has 0 aliphatic carbocycles. The Morgan fingerprint density at radius 1 is 1.15 bits per heavy atom. The Kier molecular flexibility index (Phi) is 5.86. The maximum atomic E-state index is 12.1. The van der Waals surface area contributed by atoms with E-state index < -0.39 is 28.0 Å². The second-order valence-corrected chi connectivity index (χ2v) is 7.31. The Balaban J connectivity index is 2.00. The van der Waals surface area contributed by atoms with Crippen LogP contribution in [0.3, 0.4) is 0 Å². The van der Waals surface area contributed by atoms with Crippen molar-refractivity contribution in [2.24, 2.45) is 5.14 Å². The summed E-state index contributed by atoms with van der Waals surface area (Å²) >= 11 is 5.78. The van der Waals surface area contributed by atoms with Gasteiger partial charge in [-0.3, -0.25) is 4.79 Å². The minimum atomic E-state index is -3.82. The van der Waals surface area contributed by atoms with Gasteiger partial charge in [0.2, 0.25) is 10.0 Å². The zero-order chi connectivity index (χ0) is 19.5. The number of amides is 1. The van der Waals surface area contributed by atoms with E-state index in [0.717, 1.165) is 0 Å². The quantitative estimate of drug-likeness (QED) is 0.518. The lowest BCUT2D eigenvalue weighted by Crippen LogP contribution is -2.30. The van der Waals surface area contributed by atoms with Gasteiger partial charge >= 0.3 is 5.97 Å². The van der Waals surface area contributed by atoms with E-state index in [1.165, 1.54) is 49.4 Å². The number of anilines is 2. The zero-order valence-corrected chi connectivity index (χ0v) is 15.2. The summed E-state index contributed by atoms with van der Waals surface area (Å²) in [5.74, 6) is -1.33. The molecule has 0 fully saturated rings. The number of nitrogens with one attached hydrogen (secondary N) is 1. The fourth-order valence-electron chi connectivity index (χ4n) is 1.92. The number of rotatable bonds is 5. The molecule has 0 unspecified atom stereocenters. The van der Waals surface area contributed by atoms with E-state index in [0.29, 0.717) is 10.7 Å². The van der Waals surface area contributed by atoms with Gasteiger partial charge in [0.25, 0.3) is 5.91 Å². The van der Waals surface area contributed by atoms with Crippen LogP contribution in [0.4, 0.5) is 11.4 Å². The number of nitrogens with two attached hydrogens (primary N) is 2. The van der Waals surface area contributed by atoms with Gasteiger partial charge in [0, 0.05) is 5.69 Å². The van der Waals surface area contributed by atoms with Gasteiger partial charge in [-0.05, 0) is 49.4 Å². The number of carbonyl (C=O) groups excluding carboxylic acids is 2. The predicted octanol–water partition coefficient (Wildman–Crippen LogP) is 1.75. The number of carbonyl (C=O) groups is 2. The average Bonchev–Trinajstić information content (AvgIpc) is 2.56. The molecule has 0 radical (unpaired) electrons. The molecule has 1 atom stereocenters. The normalized spacial score (nSPS) is 12.3. The number of sulfonamides is 1. The van der Waals surface area contributed by atoms with Crippen molar-refractivity contribution in [3.05, 3.63) is 53.1 Å². The molecule has 2 aromatic carbocycles. The number of benzene rings is 2. The maximum absolute atomic E-state index is 12.1. The van der Waals surface area contributed by atoms with Crippen molar-refractivity contribution in [3.8, 4) is 0 Å². The topological polar surface area (TPSA) is 142 Å². The van der Waals surface area contributed by atoms with Crippen LogP contribution in [0.15, 0.2) is 47.4 Å². The molecule has 1 amide bonds. The van der Waals surface area contributed by atoms with E-state index in [4.69, 9.17) is 27.2 Å². The van der Waals surface area contributed by atoms with Gasteiger partial charge in [0.1, 0.15) is 0 Å². The smallest absolute Gasteiger partial charge is 0.338 e. The molecule has 8 nitrogen and oxygen atoms in total. The first-order valence-corrected chi connectivity index (χ1v) is 9.20. The molecule has 2 aromatic rings. The zero-order valence-electron chi connectivity index (χ0n) is 13.6. The van der Waals surface area contributed by atoms with E-state index >= 15 is 0 Å². The number of ether oxygens (including phenoxy) is 1. The summed E-state index contributed by atoms with van der Waals surface area (Å²) in [6.07, 6.45) is -1.10. The van der Waals surface area contributed by atoms with E-state index in [1.54, 1.807) is 0 Å². The molecule has 26 heavy (non-hydrogen) atoms. The summed E-state index contributed by atoms with van der Waals surface area (Å²) in [5.41, 5.74) is 6.32. The molecule has 0 aliphatic rings. The van der Waals surface area contributed by atoms with Crippen molar-refractivity contribution in [3.63, 3.8) is 0 Å². The minimum Gasteiger partial charge on any atom is -0.449 e. The first kappa shape index (κ1) is 19.7. The molecule has 0 saturated heterocycles. The van der Waals surface area contributed by atoms with Gasteiger partial charge in [-0.2, -0.15) is 0 Å². The van der Waals surface area contributed by atoms with Crippen LogP contribution in [-0.2, 0) is 19.6 Å². The van der Waals surface area contributed by atoms with E-state index in [-0.39, 0.29) is 16.1 Å². The SMILES string of the molecule is C[C@@H](OC(=O)c1ccc(Cl)c(N)c1)C(=O)Nc1ccc(S(N)(=O)=O)cc1. The lowest BCUT2D eigenvalue weighted by molar-refractivity contribution is -0.123. The number of hydrogen-bond donors (Lipinski definition) is 3. The number of nitrogen functional groups attached to an aromatic ring is 1. The summed E-state index contributed by atoms with van der Waals surface area (Å²) in [6.45, 7) is 1.39. The van der Waals surface area contributed by atoms with E-state index in [2.05, 4.69) is 5.32 Å². The van der Waals surface area contributed by atoms with Crippen molar-refractivity contribution in [1.82, 2.24) is 0 Å². The molecule has 0 aliphatic heterocycles. The fraction of sp³-hybridized carbons (Fsp3) is 0.125. The van der Waals surface area contributed by atoms with Crippen LogP contribution in [-0.4, -0.2) is 26.4 Å². The molecular weight excluding hydrogens is 382 g/mol. The number of primary sulfonamides is 1. The van der Waals surface area contributed by atoms with Gasteiger partial charge in [-0.25, -0.2) is 18.4 Å². The first-order chi connectivity index (χ1) is 12.1. The van der Waals surface area contributed by atoms with Crippen LogP contribution in [0.25, 0.3) is 0 Å². The highest BCUT2D eigenvalue weighted by molar-refractivity contribution is 7.89. The summed E-state index contributed by atoms with van der Waals surface area (Å²) in [5, 5.41) is 7.80. The van der Waals surface area contributed by atoms with Crippen molar-refractivity contribution in [1.29, 1.82) is 0 Å². The third kappa shape index (κ3) is 4.94. The maximum Gasteiger partial charge on any atom is 0.338 e. The molecule has 138 valence electrons. The van der Waals surface area contributed by atoms with Gasteiger partial charge in [0.15, 0.2) is 6.10 Å². The summed E-state index contributed by atoms with van der Waals surface area (Å²) in [4.78, 5) is 24.1. The second kappa shape index (κ2) is 7.73. The Morgan fingerprint density at radius 3 is 2.31 bits per heavy atom. The molecule has 5 N–H and O–H groups in total. The van der Waals surface area contributed by atoms with Crippen molar-refractivity contribution < 1.29 is 22.7 Å². The summed E-state index contributed by atoms with van der Waals surface area (Å²) in [6, 6.07) is 9.46. The third-order valence-corrected chi connectivity index (χ3v) is 4.61. The number of halogens is 1. The Bertz CT molecular complexity index is 945. The highest BCUT2D eigenvalue weighted by Gasteiger charge is 2.20. The van der Waals surface area contributed by atoms with Crippen LogP contribution in [0.5, 0.6) is 0 Å². The molecule has 0 bridgehead atoms. The molecule has 0 spiro atoms. The van der Waals surface area contributed by atoms with Crippen LogP contribution in [0.2, 0.25) is 5.02 Å². The highest BCUT2D eigenvalue weighted by atomic mass is 35.5. The van der Waals surface area contributed by atoms with Crippen molar-refractivity contribution >= 4 is 44.9 Å². The molecular formula is C16H16ClN3O5S. The van der Waals surface area contributed by atoms with Gasteiger partial charge in [0.05, 0.1) is 21.2 Å². The lowest BCUT2D eigenvalue weighted by atomic mass is 10.2. The molecule has 2 rings (SSSR count). The van der Waals surface area contributed by atoms with Crippen LogP contribution >= 0.6 is 11.6 Å². The Morgan fingerprint density at radius 2 is 1.77 bits per heavy atom. The third-order valence-electron chi connectivity index (χ3n) is 3.34. The first-order valence-electron chi connectivity index (χ1n) is 7.27. The Hall–Kier alpha value is -2.62. The van der Waals surface area contributed by atoms with Crippen LogP contribution in [0, 0.1) is 0 Å². The van der Waals surface area contributed by atoms with Crippen LogP contribution in [0.1, 0.15) is 17.3 Å². The van der Waals surface area contributed by atoms with Crippen LogP contribution < -0.4 is 16.2 Å². The second-order valence-electron chi connectivity index (χ2n) is 5.34. The number of esters is 1. The van der Waals surface area contributed by atoms with E-state index in [1.807, 2.05) is 0 Å². The van der Waals surface area contributed by atoms with E-state index in [9.17, 15) is 18.0 Å². The molecule has 10 heteroatoms. The van der Waals surface area contributed by atoms with Gasteiger partial charge in [-0.1, -0.05) is 11.6 Å². The van der Waals surface area contributed by atoms with Crippen molar-refractivity contribution in [2.75, 3.05) is 11.1 Å². The minimum absolute atomic E-state index is 0.0877. The largest absolute Gasteiger partial charge is 0.449 e. The highest BCUT2D eigenvalue weighted by Crippen LogP contribution is 2.20. The lowest BCUT2D eigenvalue weighted by Gasteiger charge is -2.14. The summed E-state index contributed by atoms with van der Waals surface area (Å²) < 4.78 is 27.5. The number of hydrogen-bond acceptors (Lipinski definition) is 6. The average molecular weight is 398 g/mol.